The van der Waals surface area contributed by atoms with Crippen LogP contribution in [0.4, 0.5) is 0 Å². The summed E-state index contributed by atoms with van der Waals surface area (Å²) >= 11 is 10.8. The lowest BCUT2D eigenvalue weighted by atomic mass is 10.5. The van der Waals surface area contributed by atoms with Crippen molar-refractivity contribution in [2.75, 3.05) is 37.9 Å². The highest BCUT2D eigenvalue weighted by molar-refractivity contribution is 6.18. The maximum Gasteiger partial charge on any atom is 0.0586 e. The van der Waals surface area contributed by atoms with Gasteiger partial charge in [-0.1, -0.05) is 0 Å². The third kappa shape index (κ3) is 5.93. The highest BCUT2D eigenvalue weighted by atomic mass is 35.5. The average molecular weight is 243 g/mol. The van der Waals surface area contributed by atoms with Crippen LogP contribution in [0.25, 0.3) is 0 Å². The summed E-state index contributed by atoms with van der Waals surface area (Å²) in [5, 5.41) is 7.95. The van der Waals surface area contributed by atoms with Gasteiger partial charge in [0.25, 0.3) is 0 Å². The van der Waals surface area contributed by atoms with Gasteiger partial charge in [0.05, 0.1) is 36.8 Å². The first-order valence-corrected chi connectivity index (χ1v) is 5.13. The van der Waals surface area contributed by atoms with Crippen LogP contribution in [0.3, 0.4) is 0 Å². The average Bonchev–Trinajstić information content (AvgIpc) is 2.22. The quantitative estimate of drug-likeness (QED) is 0.349. The molecule has 0 aliphatic rings. The molecule has 0 fully saturated rings. The van der Waals surface area contributed by atoms with E-state index in [0.717, 1.165) is 0 Å². The molecule has 6 nitrogen and oxygen atoms in total. The molecule has 82 valence electrons. The van der Waals surface area contributed by atoms with Gasteiger partial charge in [-0.05, 0) is 0 Å². The smallest absolute Gasteiger partial charge is 0.0586 e. The maximum atomic E-state index is 10.2. The Balaban J connectivity index is 3.74. The zero-order valence-electron chi connectivity index (χ0n) is 7.60. The molecule has 8 heteroatoms. The fourth-order valence-corrected chi connectivity index (χ4v) is 1.20. The van der Waals surface area contributed by atoms with Crippen LogP contribution in [-0.4, -0.2) is 48.0 Å². The standard InChI is InChI=1S/C6H12Cl2N4O2/c7-1-3-11(9-13)5-6-12(10-14)4-2-8/h1-6H2. The third-order valence-electron chi connectivity index (χ3n) is 1.53. The van der Waals surface area contributed by atoms with Crippen molar-refractivity contribution in [3.63, 3.8) is 0 Å². The molecule has 0 spiro atoms. The Kier molecular flexibility index (Phi) is 8.56. The number of rotatable bonds is 9. The summed E-state index contributed by atoms with van der Waals surface area (Å²) in [6, 6.07) is 0. The number of hydrogen-bond donors (Lipinski definition) is 0. The van der Waals surface area contributed by atoms with Gasteiger partial charge in [0.1, 0.15) is 0 Å². The van der Waals surface area contributed by atoms with E-state index < -0.39 is 0 Å². The predicted octanol–water partition coefficient (Wildman–Crippen LogP) is 1.43. The minimum absolute atomic E-state index is 0.315. The summed E-state index contributed by atoms with van der Waals surface area (Å²) in [7, 11) is 0. The lowest BCUT2D eigenvalue weighted by Crippen LogP contribution is -2.31. The Bertz CT molecular complexity index is 154. The van der Waals surface area contributed by atoms with Gasteiger partial charge in [-0.2, -0.15) is 0 Å². The third-order valence-corrected chi connectivity index (χ3v) is 1.87. The second-order valence-electron chi connectivity index (χ2n) is 2.45. The second kappa shape index (κ2) is 8.96. The van der Waals surface area contributed by atoms with E-state index >= 15 is 0 Å². The van der Waals surface area contributed by atoms with Gasteiger partial charge in [0.2, 0.25) is 0 Å². The number of alkyl halides is 2. The van der Waals surface area contributed by atoms with E-state index in [1.165, 1.54) is 10.0 Å². The molecule has 0 heterocycles. The number of nitrogens with zero attached hydrogens (tertiary/aromatic N) is 4. The molecule has 0 aliphatic carbocycles. The lowest BCUT2D eigenvalue weighted by molar-refractivity contribution is 0.223. The van der Waals surface area contributed by atoms with E-state index in [2.05, 4.69) is 10.6 Å². The van der Waals surface area contributed by atoms with Crippen LogP contribution in [0.2, 0.25) is 0 Å². The summed E-state index contributed by atoms with van der Waals surface area (Å²) in [4.78, 5) is 20.4. The highest BCUT2D eigenvalue weighted by Gasteiger charge is 2.06. The molecule has 0 bridgehead atoms. The van der Waals surface area contributed by atoms with Crippen LogP contribution < -0.4 is 0 Å². The zero-order chi connectivity index (χ0) is 10.8. The van der Waals surface area contributed by atoms with Crippen molar-refractivity contribution in [1.29, 1.82) is 0 Å². The Morgan fingerprint density at radius 2 is 1.14 bits per heavy atom. The van der Waals surface area contributed by atoms with Crippen molar-refractivity contribution >= 4 is 23.2 Å². The normalized spacial score (nSPS) is 9.57. The Labute approximate surface area is 92.0 Å². The fraction of sp³-hybridized carbons (Fsp3) is 1.00. The Hall–Kier alpha value is -0.620. The molecule has 0 rings (SSSR count). The molecule has 0 amide bonds. The molecule has 0 N–H and O–H groups in total. The second-order valence-corrected chi connectivity index (χ2v) is 3.20. The van der Waals surface area contributed by atoms with E-state index in [9.17, 15) is 9.81 Å². The van der Waals surface area contributed by atoms with Gasteiger partial charge in [0.15, 0.2) is 0 Å². The first-order valence-electron chi connectivity index (χ1n) is 4.06. The molecular weight excluding hydrogens is 231 g/mol. The topological polar surface area (TPSA) is 65.3 Å². The molecule has 0 aromatic heterocycles. The molecule has 0 unspecified atom stereocenters. The summed E-state index contributed by atoms with van der Waals surface area (Å²) in [5.41, 5.74) is 0. The monoisotopic (exact) mass is 242 g/mol. The van der Waals surface area contributed by atoms with Crippen molar-refractivity contribution in [1.82, 2.24) is 10.0 Å². The molecule has 0 aliphatic heterocycles. The summed E-state index contributed by atoms with van der Waals surface area (Å²) in [5.74, 6) is 0.630. The largest absolute Gasteiger partial charge is 0.258 e. The first kappa shape index (κ1) is 13.4. The van der Waals surface area contributed by atoms with Crippen molar-refractivity contribution in [2.45, 2.75) is 0 Å². The van der Waals surface area contributed by atoms with Gasteiger partial charge in [-0.15, -0.1) is 33.0 Å². The van der Waals surface area contributed by atoms with Crippen LogP contribution in [0.15, 0.2) is 10.6 Å². The molecule has 0 saturated heterocycles. The molecule has 0 radical (unpaired) electrons. The molecular formula is C6H12Cl2N4O2. The van der Waals surface area contributed by atoms with Crippen LogP contribution in [0, 0.1) is 9.81 Å². The van der Waals surface area contributed by atoms with E-state index in [1.807, 2.05) is 0 Å². The van der Waals surface area contributed by atoms with E-state index in [1.54, 1.807) is 0 Å². The van der Waals surface area contributed by atoms with Crippen LogP contribution in [0.1, 0.15) is 0 Å². The number of hydrogen-bond acceptors (Lipinski definition) is 4. The Morgan fingerprint density at radius 3 is 1.36 bits per heavy atom. The fourth-order valence-electron chi connectivity index (χ4n) is 0.813. The molecule has 0 atom stereocenters. The van der Waals surface area contributed by atoms with Gasteiger partial charge >= 0.3 is 0 Å². The van der Waals surface area contributed by atoms with Gasteiger partial charge < -0.3 is 0 Å². The number of nitroso groups, excluding NO2 is 2. The first-order chi connectivity index (χ1) is 6.78. The van der Waals surface area contributed by atoms with Crippen molar-refractivity contribution in [2.24, 2.45) is 10.6 Å². The molecule has 0 aromatic carbocycles. The predicted molar refractivity (Wildman–Crippen MR) is 56.2 cm³/mol. The zero-order valence-corrected chi connectivity index (χ0v) is 9.12. The van der Waals surface area contributed by atoms with Gasteiger partial charge in [0, 0.05) is 11.8 Å². The minimum atomic E-state index is 0.315. The van der Waals surface area contributed by atoms with Crippen LogP contribution >= 0.6 is 23.2 Å². The van der Waals surface area contributed by atoms with Crippen molar-refractivity contribution in [3.05, 3.63) is 9.81 Å². The summed E-state index contributed by atoms with van der Waals surface area (Å²) < 4.78 is 0. The molecule has 14 heavy (non-hydrogen) atoms. The van der Waals surface area contributed by atoms with Crippen LogP contribution in [0.5, 0.6) is 0 Å². The maximum absolute atomic E-state index is 10.2. The SMILES string of the molecule is O=NN(CCCl)CCN(CCCl)N=O. The van der Waals surface area contributed by atoms with E-state index in [-0.39, 0.29) is 0 Å². The number of halogens is 2. The Morgan fingerprint density at radius 1 is 0.786 bits per heavy atom. The van der Waals surface area contributed by atoms with Crippen molar-refractivity contribution in [3.8, 4) is 0 Å². The molecule has 0 aromatic rings. The van der Waals surface area contributed by atoms with Crippen LogP contribution in [-0.2, 0) is 0 Å². The van der Waals surface area contributed by atoms with E-state index in [4.69, 9.17) is 23.2 Å². The lowest BCUT2D eigenvalue weighted by Gasteiger charge is -2.18. The summed E-state index contributed by atoms with van der Waals surface area (Å²) in [6.07, 6.45) is 0. The minimum Gasteiger partial charge on any atom is -0.258 e. The van der Waals surface area contributed by atoms with Crippen molar-refractivity contribution < 1.29 is 0 Å². The molecule has 0 saturated carbocycles. The van der Waals surface area contributed by atoms with Gasteiger partial charge in [-0.3, -0.25) is 10.0 Å². The van der Waals surface area contributed by atoms with E-state index in [0.29, 0.717) is 37.9 Å². The highest BCUT2D eigenvalue weighted by Crippen LogP contribution is 1.95. The summed E-state index contributed by atoms with van der Waals surface area (Å²) in [6.45, 7) is 1.36. The van der Waals surface area contributed by atoms with Gasteiger partial charge in [-0.25, -0.2) is 0 Å².